The molecular formula is C27H36N2O6S. The van der Waals surface area contributed by atoms with Crippen molar-refractivity contribution in [3.8, 4) is 0 Å². The van der Waals surface area contributed by atoms with Gasteiger partial charge in [-0.2, -0.15) is 13.5 Å². The van der Waals surface area contributed by atoms with E-state index in [1.165, 1.54) is 18.1 Å². The molecule has 2 amide bonds. The Morgan fingerprint density at radius 3 is 1.83 bits per heavy atom. The minimum absolute atomic E-state index is 0.203. The summed E-state index contributed by atoms with van der Waals surface area (Å²) in [7, 11) is -4.06. The van der Waals surface area contributed by atoms with Crippen LogP contribution in [0.2, 0.25) is 0 Å². The molecule has 0 saturated carbocycles. The third kappa shape index (κ3) is 7.54. The van der Waals surface area contributed by atoms with Crippen LogP contribution in [-0.4, -0.2) is 61.4 Å². The summed E-state index contributed by atoms with van der Waals surface area (Å²) >= 11 is 0. The van der Waals surface area contributed by atoms with Gasteiger partial charge in [-0.25, -0.2) is 4.79 Å². The molecule has 1 aliphatic heterocycles. The number of carbonyl (C=O) groups excluding carboxylic acids is 2. The maximum Gasteiger partial charge on any atom is 0.436 e. The van der Waals surface area contributed by atoms with Crippen molar-refractivity contribution in [1.29, 1.82) is 0 Å². The van der Waals surface area contributed by atoms with Crippen LogP contribution in [0.25, 0.3) is 0 Å². The van der Waals surface area contributed by atoms with E-state index in [0.717, 1.165) is 19.1 Å². The van der Waals surface area contributed by atoms with Crippen molar-refractivity contribution in [2.45, 2.75) is 58.1 Å². The normalized spacial score (nSPS) is 16.0. The zero-order chi connectivity index (χ0) is 26.5. The molecule has 196 valence electrons. The predicted molar refractivity (Wildman–Crippen MR) is 137 cm³/mol. The van der Waals surface area contributed by atoms with E-state index in [1.807, 2.05) is 36.4 Å². The minimum Gasteiger partial charge on any atom is -0.442 e. The van der Waals surface area contributed by atoms with Crippen LogP contribution in [0.4, 0.5) is 4.79 Å². The topological polar surface area (TPSA) is 93.2 Å². The molecule has 2 aromatic carbocycles. The van der Waals surface area contributed by atoms with Crippen LogP contribution in [0.3, 0.4) is 0 Å². The summed E-state index contributed by atoms with van der Waals surface area (Å²) < 4.78 is 33.8. The van der Waals surface area contributed by atoms with Gasteiger partial charge in [-0.1, -0.05) is 60.7 Å². The highest BCUT2D eigenvalue weighted by Gasteiger charge is 2.38. The van der Waals surface area contributed by atoms with Crippen LogP contribution in [0.1, 0.15) is 57.6 Å². The molecule has 0 aromatic heterocycles. The number of likely N-dealkylation sites (tertiary alicyclic amines) is 1. The Labute approximate surface area is 214 Å². The fourth-order valence-electron chi connectivity index (χ4n) is 4.58. The molecule has 9 heteroatoms. The van der Waals surface area contributed by atoms with Crippen molar-refractivity contribution in [2.75, 3.05) is 19.3 Å². The number of hydroxylamine groups is 2. The van der Waals surface area contributed by atoms with Crippen LogP contribution in [-0.2, 0) is 23.9 Å². The molecule has 1 aliphatic rings. The number of nitrogens with zero attached hydrogens (tertiary/aromatic N) is 2. The van der Waals surface area contributed by atoms with Gasteiger partial charge in [0.05, 0.1) is 6.26 Å². The van der Waals surface area contributed by atoms with Crippen LogP contribution >= 0.6 is 0 Å². The van der Waals surface area contributed by atoms with Crippen LogP contribution in [0.15, 0.2) is 60.7 Å². The summed E-state index contributed by atoms with van der Waals surface area (Å²) in [6.07, 6.45) is 1.33. The Bertz CT molecular complexity index is 1080. The zero-order valence-electron chi connectivity index (χ0n) is 21.6. The Balaban J connectivity index is 1.74. The first-order chi connectivity index (χ1) is 16.9. The Hall–Kier alpha value is -2.91. The van der Waals surface area contributed by atoms with Crippen LogP contribution in [0, 0.1) is 5.92 Å². The van der Waals surface area contributed by atoms with Crippen molar-refractivity contribution in [3.63, 3.8) is 0 Å². The Kier molecular flexibility index (Phi) is 8.79. The first-order valence-corrected chi connectivity index (χ1v) is 14.0. The van der Waals surface area contributed by atoms with E-state index in [0.29, 0.717) is 24.1 Å². The summed E-state index contributed by atoms with van der Waals surface area (Å²) in [6.45, 7) is 7.38. The van der Waals surface area contributed by atoms with E-state index in [4.69, 9.17) is 9.02 Å². The van der Waals surface area contributed by atoms with Crippen molar-refractivity contribution in [2.24, 2.45) is 5.92 Å². The highest BCUT2D eigenvalue weighted by atomic mass is 32.2. The SMILES string of the molecule is C[C@@H](C(=O)N1CCC(C(c2ccccc2)c2ccccc2)CC1)N(OS(C)(=O)=O)C(=O)OC(C)(C)C. The molecule has 2 aromatic rings. The second-order valence-corrected chi connectivity index (χ2v) is 11.8. The summed E-state index contributed by atoms with van der Waals surface area (Å²) in [4.78, 5) is 27.6. The van der Waals surface area contributed by atoms with E-state index in [9.17, 15) is 18.0 Å². The highest BCUT2D eigenvalue weighted by Crippen LogP contribution is 2.38. The van der Waals surface area contributed by atoms with E-state index >= 15 is 0 Å². The van der Waals surface area contributed by atoms with Gasteiger partial charge in [0.25, 0.3) is 10.1 Å². The second kappa shape index (κ2) is 11.4. The molecule has 0 bridgehead atoms. The van der Waals surface area contributed by atoms with Crippen LogP contribution < -0.4 is 0 Å². The fourth-order valence-corrected chi connectivity index (χ4v) is 5.06. The summed E-state index contributed by atoms with van der Waals surface area (Å²) in [6, 6.07) is 19.5. The molecule has 0 radical (unpaired) electrons. The lowest BCUT2D eigenvalue weighted by Crippen LogP contribution is -2.52. The maximum atomic E-state index is 13.3. The smallest absolute Gasteiger partial charge is 0.436 e. The van der Waals surface area contributed by atoms with Gasteiger partial charge in [-0.3, -0.25) is 4.79 Å². The number of hydrogen-bond donors (Lipinski definition) is 0. The maximum absolute atomic E-state index is 13.3. The molecule has 1 saturated heterocycles. The van der Waals surface area contributed by atoms with Gasteiger partial charge in [0.2, 0.25) is 5.91 Å². The third-order valence-corrected chi connectivity index (χ3v) is 6.57. The predicted octanol–water partition coefficient (Wildman–Crippen LogP) is 4.57. The lowest BCUT2D eigenvalue weighted by molar-refractivity contribution is -0.150. The van der Waals surface area contributed by atoms with Gasteiger partial charge in [0.15, 0.2) is 0 Å². The molecule has 1 heterocycles. The molecular weight excluding hydrogens is 480 g/mol. The number of carbonyl (C=O) groups is 2. The average molecular weight is 517 g/mol. The van der Waals surface area contributed by atoms with Gasteiger partial charge < -0.3 is 9.64 Å². The molecule has 0 aliphatic carbocycles. The molecule has 36 heavy (non-hydrogen) atoms. The van der Waals surface area contributed by atoms with E-state index in [1.54, 1.807) is 25.7 Å². The Morgan fingerprint density at radius 2 is 1.42 bits per heavy atom. The largest absolute Gasteiger partial charge is 0.442 e. The number of piperidine rings is 1. The zero-order valence-corrected chi connectivity index (χ0v) is 22.4. The number of amides is 2. The lowest BCUT2D eigenvalue weighted by Gasteiger charge is -2.38. The van der Waals surface area contributed by atoms with Crippen molar-refractivity contribution < 1.29 is 27.0 Å². The van der Waals surface area contributed by atoms with Crippen molar-refractivity contribution in [1.82, 2.24) is 9.96 Å². The Morgan fingerprint density at radius 1 is 0.944 bits per heavy atom. The number of hydrogen-bond acceptors (Lipinski definition) is 6. The van der Waals surface area contributed by atoms with Gasteiger partial charge in [-0.15, -0.1) is 4.28 Å². The van der Waals surface area contributed by atoms with Gasteiger partial charge in [0.1, 0.15) is 11.6 Å². The lowest BCUT2D eigenvalue weighted by atomic mass is 9.76. The summed E-state index contributed by atoms with van der Waals surface area (Å²) in [5.74, 6) is 0.135. The number of benzene rings is 2. The standard InChI is InChI=1S/C27H36N2O6S/c1-20(29(35-36(5,32)33)26(31)34-27(2,3)4)25(30)28-18-16-23(17-19-28)24(21-12-8-6-9-13-21)22-14-10-7-11-15-22/h6-15,20,23-24H,16-19H2,1-5H3/t20-/m0/s1. The number of rotatable bonds is 7. The van der Waals surface area contributed by atoms with Crippen molar-refractivity contribution in [3.05, 3.63) is 71.8 Å². The summed E-state index contributed by atoms with van der Waals surface area (Å²) in [5, 5.41) is 0.520. The van der Waals surface area contributed by atoms with E-state index < -0.39 is 27.9 Å². The molecule has 1 atom stereocenters. The first kappa shape index (κ1) is 27.7. The molecule has 1 fully saturated rings. The van der Waals surface area contributed by atoms with Crippen LogP contribution in [0.5, 0.6) is 0 Å². The van der Waals surface area contributed by atoms with Crippen molar-refractivity contribution >= 4 is 22.1 Å². The van der Waals surface area contributed by atoms with E-state index in [2.05, 4.69) is 24.3 Å². The number of ether oxygens (including phenoxy) is 1. The van der Waals surface area contributed by atoms with E-state index in [-0.39, 0.29) is 11.8 Å². The summed E-state index contributed by atoms with van der Waals surface area (Å²) in [5.41, 5.74) is 1.58. The van der Waals surface area contributed by atoms with Gasteiger partial charge >= 0.3 is 6.09 Å². The molecule has 3 rings (SSSR count). The minimum atomic E-state index is -4.06. The molecule has 0 spiro atoms. The monoisotopic (exact) mass is 516 g/mol. The molecule has 0 unspecified atom stereocenters. The second-order valence-electron chi connectivity index (χ2n) is 10.2. The quantitative estimate of drug-likeness (QED) is 0.501. The van der Waals surface area contributed by atoms with Gasteiger partial charge in [0, 0.05) is 19.0 Å². The first-order valence-electron chi connectivity index (χ1n) is 12.2. The molecule has 8 nitrogen and oxygen atoms in total. The third-order valence-electron chi connectivity index (χ3n) is 6.14. The molecule has 0 N–H and O–H groups in total. The van der Waals surface area contributed by atoms with Gasteiger partial charge in [-0.05, 0) is 57.6 Å². The fraction of sp³-hybridized carbons (Fsp3) is 0.481. The average Bonchev–Trinajstić information content (AvgIpc) is 2.82. The highest BCUT2D eigenvalue weighted by molar-refractivity contribution is 7.85.